The highest BCUT2D eigenvalue weighted by atomic mass is 35.5. The van der Waals surface area contributed by atoms with Crippen molar-refractivity contribution in [3.05, 3.63) is 33.8 Å². The second-order valence-corrected chi connectivity index (χ2v) is 12.6. The van der Waals surface area contributed by atoms with E-state index in [0.717, 1.165) is 51.5 Å². The van der Waals surface area contributed by atoms with E-state index in [2.05, 4.69) is 54.7 Å². The van der Waals surface area contributed by atoms with Crippen LogP contribution < -0.4 is 0 Å². The molecule has 1 saturated carbocycles. The molecule has 1 unspecified atom stereocenters. The summed E-state index contributed by atoms with van der Waals surface area (Å²) in [5, 5.41) is 1.25. The molecule has 1 aliphatic carbocycles. The molecular formula is C27H41Cl2N3O. The second-order valence-electron chi connectivity index (χ2n) is 11.8. The van der Waals surface area contributed by atoms with Gasteiger partial charge in [0.1, 0.15) is 0 Å². The molecule has 3 fully saturated rings. The largest absolute Gasteiger partial charge is 0.337 e. The smallest absolute Gasteiger partial charge is 0.223 e. The lowest BCUT2D eigenvalue weighted by Crippen LogP contribution is -2.60. The zero-order chi connectivity index (χ0) is 23.8. The van der Waals surface area contributed by atoms with Crippen LogP contribution in [0.3, 0.4) is 0 Å². The number of carbonyl (C=O) groups excluding carboxylic acids is 1. The van der Waals surface area contributed by atoms with Crippen LogP contribution in [0, 0.1) is 17.3 Å². The normalized spacial score (nSPS) is 24.8. The molecule has 33 heavy (non-hydrogen) atoms. The molecule has 184 valence electrons. The summed E-state index contributed by atoms with van der Waals surface area (Å²) >= 11 is 12.6. The first-order valence-electron chi connectivity index (χ1n) is 12.8. The number of hydrogen-bond acceptors (Lipinski definition) is 3. The molecule has 0 spiro atoms. The van der Waals surface area contributed by atoms with Gasteiger partial charge in [0, 0.05) is 38.1 Å². The summed E-state index contributed by atoms with van der Waals surface area (Å²) in [6.45, 7) is 11.7. The molecule has 1 amide bonds. The monoisotopic (exact) mass is 493 g/mol. The van der Waals surface area contributed by atoms with Gasteiger partial charge < -0.3 is 9.80 Å². The van der Waals surface area contributed by atoms with Crippen LogP contribution >= 0.6 is 23.2 Å². The van der Waals surface area contributed by atoms with Crippen LogP contribution in [0.1, 0.15) is 70.9 Å². The molecule has 6 heteroatoms. The Labute approximate surface area is 210 Å². The summed E-state index contributed by atoms with van der Waals surface area (Å²) in [5.41, 5.74) is 1.29. The predicted molar refractivity (Wildman–Crippen MR) is 138 cm³/mol. The van der Waals surface area contributed by atoms with E-state index in [4.69, 9.17) is 23.2 Å². The fourth-order valence-electron chi connectivity index (χ4n) is 5.64. The van der Waals surface area contributed by atoms with Crippen LogP contribution in [-0.2, 0) is 4.79 Å². The number of piperidine rings is 1. The van der Waals surface area contributed by atoms with Crippen LogP contribution in [0.2, 0.25) is 10.0 Å². The van der Waals surface area contributed by atoms with E-state index in [0.29, 0.717) is 34.3 Å². The Balaban J connectivity index is 1.49. The van der Waals surface area contributed by atoms with Gasteiger partial charge in [-0.1, -0.05) is 62.9 Å². The SMILES string of the molecule is CN1CCC(CC(=O)N2CCN(C(CC3CC3)c3ccc(Cl)c(Cl)c3)C[C@@H]2C(C)(C)C)CC1. The highest BCUT2D eigenvalue weighted by Crippen LogP contribution is 2.42. The highest BCUT2D eigenvalue weighted by Gasteiger charge is 2.41. The van der Waals surface area contributed by atoms with Crippen molar-refractivity contribution in [3.8, 4) is 0 Å². The zero-order valence-corrected chi connectivity index (χ0v) is 22.3. The average Bonchev–Trinajstić information content (AvgIpc) is 3.59. The quantitative estimate of drug-likeness (QED) is 0.476. The van der Waals surface area contributed by atoms with Gasteiger partial charge in [-0.25, -0.2) is 0 Å². The number of carbonyl (C=O) groups is 1. The molecule has 4 rings (SSSR count). The molecule has 3 aliphatic rings. The van der Waals surface area contributed by atoms with Crippen LogP contribution in [0.4, 0.5) is 0 Å². The highest BCUT2D eigenvalue weighted by molar-refractivity contribution is 6.42. The average molecular weight is 495 g/mol. The molecule has 4 nitrogen and oxygen atoms in total. The third-order valence-electron chi connectivity index (χ3n) is 8.06. The molecular weight excluding hydrogens is 453 g/mol. The van der Waals surface area contributed by atoms with Gasteiger partial charge in [-0.2, -0.15) is 0 Å². The van der Waals surface area contributed by atoms with Crippen molar-refractivity contribution < 1.29 is 4.79 Å². The summed E-state index contributed by atoms with van der Waals surface area (Å²) in [4.78, 5) is 20.7. The molecule has 0 bridgehead atoms. The minimum atomic E-state index is 0.0306. The number of rotatable bonds is 6. The van der Waals surface area contributed by atoms with Crippen molar-refractivity contribution in [2.45, 2.75) is 71.4 Å². The summed E-state index contributed by atoms with van der Waals surface area (Å²) in [5.74, 6) is 1.70. The molecule has 2 saturated heterocycles. The molecule has 1 aromatic carbocycles. The summed E-state index contributed by atoms with van der Waals surface area (Å²) in [6.07, 6.45) is 6.81. The lowest BCUT2D eigenvalue weighted by atomic mass is 9.82. The Bertz CT molecular complexity index is 827. The maximum atomic E-state index is 13.5. The lowest BCUT2D eigenvalue weighted by molar-refractivity contribution is -0.141. The van der Waals surface area contributed by atoms with Crippen LogP contribution in [-0.4, -0.2) is 66.4 Å². The number of amides is 1. The fraction of sp³-hybridized carbons (Fsp3) is 0.741. The predicted octanol–water partition coefficient (Wildman–Crippen LogP) is 6.13. The van der Waals surface area contributed by atoms with Crippen molar-refractivity contribution in [1.82, 2.24) is 14.7 Å². The van der Waals surface area contributed by atoms with Gasteiger partial charge in [0.15, 0.2) is 0 Å². The number of likely N-dealkylation sites (tertiary alicyclic amines) is 1. The van der Waals surface area contributed by atoms with E-state index in [9.17, 15) is 4.79 Å². The fourth-order valence-corrected chi connectivity index (χ4v) is 5.95. The summed E-state index contributed by atoms with van der Waals surface area (Å²) < 4.78 is 0. The third-order valence-corrected chi connectivity index (χ3v) is 8.79. The molecule has 2 aliphatic heterocycles. The first kappa shape index (κ1) is 25.3. The Kier molecular flexibility index (Phi) is 8.00. The standard InChI is InChI=1S/C27H41Cl2N3O/c1-27(2,3)25-18-31(13-14-32(25)26(33)16-20-9-11-30(4)12-10-20)24(15-19-5-6-19)21-7-8-22(28)23(29)17-21/h7-8,17,19-20,24-25H,5-6,9-16,18H2,1-4H3/t24?,25-/m1/s1. The van der Waals surface area contributed by atoms with Gasteiger partial charge in [0.25, 0.3) is 0 Å². The zero-order valence-electron chi connectivity index (χ0n) is 20.8. The van der Waals surface area contributed by atoms with Crippen molar-refractivity contribution in [2.75, 3.05) is 39.8 Å². The second kappa shape index (κ2) is 10.4. The van der Waals surface area contributed by atoms with E-state index in [1.165, 1.54) is 24.8 Å². The molecule has 0 radical (unpaired) electrons. The minimum absolute atomic E-state index is 0.0306. The number of halogens is 2. The lowest BCUT2D eigenvalue weighted by Gasteiger charge is -2.50. The topological polar surface area (TPSA) is 26.8 Å². The number of piperazine rings is 1. The van der Waals surface area contributed by atoms with Gasteiger partial charge in [-0.3, -0.25) is 9.69 Å². The van der Waals surface area contributed by atoms with E-state index in [-0.39, 0.29) is 11.5 Å². The Morgan fingerprint density at radius 1 is 1.00 bits per heavy atom. The van der Waals surface area contributed by atoms with Gasteiger partial charge in [-0.05, 0) is 74.3 Å². The molecule has 2 heterocycles. The molecule has 0 N–H and O–H groups in total. The van der Waals surface area contributed by atoms with E-state index < -0.39 is 0 Å². The number of hydrogen-bond donors (Lipinski definition) is 0. The first-order chi connectivity index (χ1) is 15.6. The van der Waals surface area contributed by atoms with E-state index in [1.54, 1.807) is 0 Å². The van der Waals surface area contributed by atoms with E-state index in [1.807, 2.05) is 6.07 Å². The first-order valence-corrected chi connectivity index (χ1v) is 13.5. The minimum Gasteiger partial charge on any atom is -0.337 e. The summed E-state index contributed by atoms with van der Waals surface area (Å²) in [6, 6.07) is 6.69. The maximum Gasteiger partial charge on any atom is 0.223 e. The van der Waals surface area contributed by atoms with Crippen molar-refractivity contribution in [1.29, 1.82) is 0 Å². The van der Waals surface area contributed by atoms with Gasteiger partial charge in [-0.15, -0.1) is 0 Å². The Morgan fingerprint density at radius 3 is 2.30 bits per heavy atom. The summed E-state index contributed by atoms with van der Waals surface area (Å²) in [7, 11) is 2.18. The number of nitrogens with zero attached hydrogens (tertiary/aromatic N) is 3. The van der Waals surface area contributed by atoms with Crippen molar-refractivity contribution in [2.24, 2.45) is 17.3 Å². The van der Waals surface area contributed by atoms with Crippen LogP contribution in [0.25, 0.3) is 0 Å². The number of benzene rings is 1. The van der Waals surface area contributed by atoms with Gasteiger partial charge in [0.2, 0.25) is 5.91 Å². The van der Waals surface area contributed by atoms with Crippen molar-refractivity contribution in [3.63, 3.8) is 0 Å². The third kappa shape index (κ3) is 6.45. The van der Waals surface area contributed by atoms with Gasteiger partial charge in [0.05, 0.1) is 10.0 Å². The maximum absolute atomic E-state index is 13.5. The molecule has 2 atom stereocenters. The van der Waals surface area contributed by atoms with Crippen molar-refractivity contribution >= 4 is 29.1 Å². The Morgan fingerprint density at radius 2 is 1.70 bits per heavy atom. The van der Waals surface area contributed by atoms with Crippen LogP contribution in [0.5, 0.6) is 0 Å². The van der Waals surface area contributed by atoms with Gasteiger partial charge >= 0.3 is 0 Å². The Hall–Kier alpha value is -0.810. The molecule has 1 aromatic rings. The van der Waals surface area contributed by atoms with E-state index >= 15 is 0 Å². The molecule has 0 aromatic heterocycles. The van der Waals surface area contributed by atoms with Crippen LogP contribution in [0.15, 0.2) is 18.2 Å².